The topological polar surface area (TPSA) is 102 Å². The van der Waals surface area contributed by atoms with Gasteiger partial charge in [-0.1, -0.05) is 0 Å². The average molecular weight is 410 g/mol. The smallest absolute Gasteiger partial charge is 0.405 e. The lowest BCUT2D eigenvalue weighted by molar-refractivity contribution is -0.140. The van der Waals surface area contributed by atoms with Crippen molar-refractivity contribution in [1.82, 2.24) is 9.62 Å². The number of amides is 1. The first-order chi connectivity index (χ1) is 12.6. The second-order valence-electron chi connectivity index (χ2n) is 5.51. The van der Waals surface area contributed by atoms with Crippen molar-refractivity contribution in [2.45, 2.75) is 11.1 Å². The summed E-state index contributed by atoms with van der Waals surface area (Å²) in [6.07, 6.45) is -4.57. The van der Waals surface area contributed by atoms with Gasteiger partial charge in [-0.05, 0) is 24.3 Å². The molecule has 12 heteroatoms. The van der Waals surface area contributed by atoms with Crippen LogP contribution >= 0.6 is 0 Å². The quantitative estimate of drug-likeness (QED) is 0.687. The highest BCUT2D eigenvalue weighted by molar-refractivity contribution is 7.89. The fourth-order valence-corrected chi connectivity index (χ4v) is 3.57. The van der Waals surface area contributed by atoms with Crippen LogP contribution in [0.5, 0.6) is 0 Å². The third-order valence-corrected chi connectivity index (χ3v) is 5.43. The number of nitrogens with one attached hydrogen (secondary N) is 1. The largest absolute Gasteiger partial charge is 0.452 e. The van der Waals surface area contributed by atoms with E-state index in [0.29, 0.717) is 13.2 Å². The third-order valence-electron chi connectivity index (χ3n) is 3.52. The standard InChI is InChI=1S/C15H17F3N2O6S/c16-15(17,18)10-19-13(21)9-26-14(22)11-1-3-12(4-2-11)27(23,24)20-5-7-25-8-6-20/h1-4H,5-10H2,(H,19,21). The third kappa shape index (κ3) is 6.19. The van der Waals surface area contributed by atoms with Crippen LogP contribution in [0.25, 0.3) is 0 Å². The van der Waals surface area contributed by atoms with Crippen molar-refractivity contribution in [1.29, 1.82) is 0 Å². The molecule has 1 fully saturated rings. The van der Waals surface area contributed by atoms with E-state index in [0.717, 1.165) is 0 Å². The first-order valence-corrected chi connectivity index (χ1v) is 9.22. The number of benzene rings is 1. The summed E-state index contributed by atoms with van der Waals surface area (Å²) in [6, 6.07) is 4.82. The van der Waals surface area contributed by atoms with Gasteiger partial charge in [0, 0.05) is 13.1 Å². The van der Waals surface area contributed by atoms with Crippen LogP contribution in [0, 0.1) is 0 Å². The number of halogens is 3. The van der Waals surface area contributed by atoms with Crippen LogP contribution in [0.15, 0.2) is 29.2 Å². The second-order valence-corrected chi connectivity index (χ2v) is 7.45. The van der Waals surface area contributed by atoms with Gasteiger partial charge in [-0.2, -0.15) is 17.5 Å². The number of rotatable bonds is 6. The molecule has 1 aromatic rings. The van der Waals surface area contributed by atoms with Gasteiger partial charge in [0.25, 0.3) is 5.91 Å². The molecule has 0 saturated carbocycles. The molecule has 1 aliphatic heterocycles. The maximum Gasteiger partial charge on any atom is 0.405 e. The zero-order valence-electron chi connectivity index (χ0n) is 14.0. The molecule has 0 bridgehead atoms. The summed E-state index contributed by atoms with van der Waals surface area (Å²) < 4.78 is 71.8. The Balaban J connectivity index is 1.92. The maximum absolute atomic E-state index is 12.4. The first kappa shape index (κ1) is 21.1. The molecule has 1 aliphatic rings. The average Bonchev–Trinajstić information content (AvgIpc) is 2.64. The first-order valence-electron chi connectivity index (χ1n) is 7.78. The number of carbonyl (C=O) groups is 2. The molecule has 27 heavy (non-hydrogen) atoms. The zero-order chi connectivity index (χ0) is 20.1. The molecule has 8 nitrogen and oxygen atoms in total. The lowest BCUT2D eigenvalue weighted by Gasteiger charge is -2.26. The van der Waals surface area contributed by atoms with Crippen LogP contribution in [0.3, 0.4) is 0 Å². The Morgan fingerprint density at radius 2 is 1.74 bits per heavy atom. The molecule has 1 heterocycles. The van der Waals surface area contributed by atoms with Gasteiger partial charge in [-0.15, -0.1) is 0 Å². The summed E-state index contributed by atoms with van der Waals surface area (Å²) in [5.41, 5.74) is -0.0421. The van der Waals surface area contributed by atoms with Crippen molar-refractivity contribution < 1.29 is 40.7 Å². The van der Waals surface area contributed by atoms with Crippen LogP contribution in [0.4, 0.5) is 13.2 Å². The van der Waals surface area contributed by atoms with E-state index in [1.807, 2.05) is 0 Å². The van der Waals surface area contributed by atoms with Crippen LogP contribution in [0.2, 0.25) is 0 Å². The molecule has 1 N–H and O–H groups in total. The van der Waals surface area contributed by atoms with Gasteiger partial charge >= 0.3 is 12.1 Å². The summed E-state index contributed by atoms with van der Waals surface area (Å²) >= 11 is 0. The van der Waals surface area contributed by atoms with Gasteiger partial charge in [0.1, 0.15) is 6.54 Å². The van der Waals surface area contributed by atoms with Gasteiger partial charge < -0.3 is 14.8 Å². The van der Waals surface area contributed by atoms with Crippen molar-refractivity contribution in [3.63, 3.8) is 0 Å². The summed E-state index contributed by atoms with van der Waals surface area (Å²) in [6.45, 7) is -1.39. The van der Waals surface area contributed by atoms with Crippen molar-refractivity contribution in [2.75, 3.05) is 39.5 Å². The molecule has 1 amide bonds. The van der Waals surface area contributed by atoms with Crippen LogP contribution in [-0.2, 0) is 24.3 Å². The minimum atomic E-state index is -4.57. The lowest BCUT2D eigenvalue weighted by Crippen LogP contribution is -2.40. The Hall–Kier alpha value is -2.18. The Morgan fingerprint density at radius 1 is 1.15 bits per heavy atom. The predicted octanol–water partition coefficient (Wildman–Crippen LogP) is 0.543. The van der Waals surface area contributed by atoms with E-state index in [1.165, 1.54) is 28.6 Å². The highest BCUT2D eigenvalue weighted by Crippen LogP contribution is 2.18. The predicted molar refractivity (Wildman–Crippen MR) is 85.4 cm³/mol. The van der Waals surface area contributed by atoms with Crippen molar-refractivity contribution in [3.05, 3.63) is 29.8 Å². The minimum Gasteiger partial charge on any atom is -0.452 e. The number of alkyl halides is 3. The van der Waals surface area contributed by atoms with Gasteiger partial charge in [-0.25, -0.2) is 13.2 Å². The molecule has 0 aliphatic carbocycles. The normalized spacial score (nSPS) is 16.0. The number of sulfonamides is 1. The highest BCUT2D eigenvalue weighted by atomic mass is 32.2. The maximum atomic E-state index is 12.4. The fourth-order valence-electron chi connectivity index (χ4n) is 2.16. The van der Waals surface area contributed by atoms with E-state index in [2.05, 4.69) is 4.74 Å². The van der Waals surface area contributed by atoms with E-state index in [4.69, 9.17) is 4.74 Å². The lowest BCUT2D eigenvalue weighted by atomic mass is 10.2. The summed E-state index contributed by atoms with van der Waals surface area (Å²) in [5.74, 6) is -2.07. The summed E-state index contributed by atoms with van der Waals surface area (Å²) in [4.78, 5) is 23.0. The van der Waals surface area contributed by atoms with Crippen LogP contribution in [-0.4, -0.2) is 70.2 Å². The molecule has 0 aromatic heterocycles. The number of esters is 1. The molecule has 0 unspecified atom stereocenters. The molecule has 150 valence electrons. The number of carbonyl (C=O) groups excluding carboxylic acids is 2. The SMILES string of the molecule is O=C(COC(=O)c1ccc(S(=O)(=O)N2CCOCC2)cc1)NCC(F)(F)F. The van der Waals surface area contributed by atoms with E-state index in [9.17, 15) is 31.2 Å². The second kappa shape index (κ2) is 8.67. The molecule has 0 atom stereocenters. The van der Waals surface area contributed by atoms with Crippen LogP contribution in [0.1, 0.15) is 10.4 Å². The van der Waals surface area contributed by atoms with Gasteiger partial charge in [0.15, 0.2) is 6.61 Å². The summed E-state index contributed by atoms with van der Waals surface area (Å²) in [5, 5.41) is 1.56. The molecule has 1 saturated heterocycles. The molecular weight excluding hydrogens is 393 g/mol. The number of nitrogens with zero attached hydrogens (tertiary/aromatic N) is 1. The number of morpholine rings is 1. The van der Waals surface area contributed by atoms with Gasteiger partial charge in [0.05, 0.1) is 23.7 Å². The minimum absolute atomic E-state index is 0.0242. The molecule has 0 spiro atoms. The van der Waals surface area contributed by atoms with Crippen molar-refractivity contribution in [3.8, 4) is 0 Å². The molecular formula is C15H17F3N2O6S. The van der Waals surface area contributed by atoms with Gasteiger partial charge in [0.2, 0.25) is 10.0 Å². The van der Waals surface area contributed by atoms with E-state index in [-0.39, 0.29) is 23.5 Å². The monoisotopic (exact) mass is 410 g/mol. The number of hydrogen-bond acceptors (Lipinski definition) is 6. The Kier molecular flexibility index (Phi) is 6.78. The fraction of sp³-hybridized carbons (Fsp3) is 0.467. The molecule has 0 radical (unpaired) electrons. The summed E-state index contributed by atoms with van der Waals surface area (Å²) in [7, 11) is -3.72. The molecule has 1 aromatic carbocycles. The van der Waals surface area contributed by atoms with Crippen LogP contribution < -0.4 is 5.32 Å². The van der Waals surface area contributed by atoms with Crippen molar-refractivity contribution in [2.24, 2.45) is 0 Å². The van der Waals surface area contributed by atoms with E-state index >= 15 is 0 Å². The highest BCUT2D eigenvalue weighted by Gasteiger charge is 2.28. The molecule has 2 rings (SSSR count). The Labute approximate surface area is 153 Å². The zero-order valence-corrected chi connectivity index (χ0v) is 14.8. The Bertz CT molecular complexity index is 774. The number of ether oxygens (including phenoxy) is 2. The van der Waals surface area contributed by atoms with Gasteiger partial charge in [-0.3, -0.25) is 4.79 Å². The van der Waals surface area contributed by atoms with E-state index < -0.39 is 41.2 Å². The van der Waals surface area contributed by atoms with Crippen molar-refractivity contribution >= 4 is 21.9 Å². The number of hydrogen-bond donors (Lipinski definition) is 1. The Morgan fingerprint density at radius 3 is 2.30 bits per heavy atom. The van der Waals surface area contributed by atoms with E-state index in [1.54, 1.807) is 5.32 Å².